The molecule has 0 atom stereocenters. The van der Waals surface area contributed by atoms with Gasteiger partial charge in [-0.25, -0.2) is 4.57 Å². The Kier molecular flexibility index (Phi) is 4.36. The van der Waals surface area contributed by atoms with Crippen LogP contribution in [-0.4, -0.2) is 10.3 Å². The van der Waals surface area contributed by atoms with E-state index in [0.717, 1.165) is 0 Å². The third-order valence-electron chi connectivity index (χ3n) is 3.59. The number of nitrogens with one attached hydrogen (secondary N) is 1. The molecule has 0 aliphatic carbocycles. The van der Waals surface area contributed by atoms with Crippen LogP contribution in [0.3, 0.4) is 0 Å². The summed E-state index contributed by atoms with van der Waals surface area (Å²) in [6.07, 6.45) is 1.82. The maximum Gasteiger partial charge on any atom is 0.299 e. The van der Waals surface area contributed by atoms with E-state index in [9.17, 15) is 9.90 Å². The number of aryl methyl sites for hydroxylation is 1. The maximum absolute atomic E-state index is 12.6. The zero-order valence-electron chi connectivity index (χ0n) is 12.6. The highest BCUT2D eigenvalue weighted by Crippen LogP contribution is 2.22. The van der Waals surface area contributed by atoms with Crippen molar-refractivity contribution in [3.63, 3.8) is 0 Å². The lowest BCUT2D eigenvalue weighted by Gasteiger charge is -2.08. The van der Waals surface area contributed by atoms with Gasteiger partial charge in [-0.15, -0.1) is 0 Å². The van der Waals surface area contributed by atoms with Crippen LogP contribution in [0.1, 0.15) is 16.9 Å². The number of aromatic nitrogens is 2. The molecule has 0 aliphatic heterocycles. The molecule has 0 unspecified atom stereocenters. The Morgan fingerprint density at radius 3 is 2.79 bits per heavy atom. The van der Waals surface area contributed by atoms with Crippen molar-refractivity contribution in [2.45, 2.75) is 13.0 Å². The number of para-hydroxylation sites is 1. The van der Waals surface area contributed by atoms with Crippen LogP contribution in [0.5, 0.6) is 5.88 Å². The highest BCUT2D eigenvalue weighted by Gasteiger charge is 2.25. The van der Waals surface area contributed by atoms with Crippen LogP contribution in [0.4, 0.5) is 5.69 Å². The topological polar surface area (TPSA) is 84.2 Å². The lowest BCUT2D eigenvalue weighted by Crippen LogP contribution is -2.36. The number of hydrogen-bond donors (Lipinski definition) is 1. The smallest absolute Gasteiger partial charge is 0.299 e. The summed E-state index contributed by atoms with van der Waals surface area (Å²) in [5.74, 6) is -0.994. The summed E-state index contributed by atoms with van der Waals surface area (Å²) in [4.78, 5) is 12.6. The van der Waals surface area contributed by atoms with Gasteiger partial charge in [0.15, 0.2) is 0 Å². The number of hydrogen-bond acceptors (Lipinski definition) is 3. The van der Waals surface area contributed by atoms with Gasteiger partial charge >= 0.3 is 0 Å². The van der Waals surface area contributed by atoms with Crippen LogP contribution >= 0.6 is 11.6 Å². The molecule has 0 spiro atoms. The molecule has 6 nitrogen and oxygen atoms in total. The van der Waals surface area contributed by atoms with Crippen molar-refractivity contribution in [3.8, 4) is 11.9 Å². The average molecular weight is 341 g/mol. The van der Waals surface area contributed by atoms with Gasteiger partial charge in [0.25, 0.3) is 11.6 Å². The molecule has 0 bridgehead atoms. The lowest BCUT2D eigenvalue weighted by molar-refractivity contribution is -0.711. The standard InChI is InChI=1S/C17H13ClN4O2/c18-12-6-1-2-7-13(12)20-16(23)15-17(24)22(11-5-9-19)14-8-3-4-10-21(14)15/h1-4,6-8,10H,5,11H2,(H-,20,23,24). The van der Waals surface area contributed by atoms with Crippen LogP contribution in [0.25, 0.3) is 5.65 Å². The van der Waals surface area contributed by atoms with Crippen molar-refractivity contribution in [1.29, 1.82) is 5.26 Å². The Balaban J connectivity index is 2.06. The number of rotatable bonds is 4. The fourth-order valence-corrected chi connectivity index (χ4v) is 2.69. The molecule has 0 fully saturated rings. The largest absolute Gasteiger partial charge is 0.839 e. The van der Waals surface area contributed by atoms with Crippen molar-refractivity contribution in [3.05, 3.63) is 59.4 Å². The maximum atomic E-state index is 12.6. The minimum Gasteiger partial charge on any atom is -0.839 e. The molecule has 120 valence electrons. The normalized spacial score (nSPS) is 10.5. The molecule has 2 aromatic heterocycles. The molecule has 1 aromatic carbocycles. The van der Waals surface area contributed by atoms with Crippen molar-refractivity contribution in [1.82, 2.24) is 4.40 Å². The fourth-order valence-electron chi connectivity index (χ4n) is 2.51. The first kappa shape index (κ1) is 15.8. The number of nitriles is 1. The molecule has 1 N–H and O–H groups in total. The molecule has 3 rings (SSSR count). The van der Waals surface area contributed by atoms with E-state index in [1.54, 1.807) is 48.7 Å². The minimum absolute atomic E-state index is 0.0246. The monoisotopic (exact) mass is 340 g/mol. The van der Waals surface area contributed by atoms with Crippen LogP contribution in [0.2, 0.25) is 5.02 Å². The first-order chi connectivity index (χ1) is 11.6. The van der Waals surface area contributed by atoms with E-state index in [2.05, 4.69) is 5.32 Å². The second-order valence-corrected chi connectivity index (χ2v) is 5.48. The summed E-state index contributed by atoms with van der Waals surface area (Å²) in [6.45, 7) is 0.224. The average Bonchev–Trinajstić information content (AvgIpc) is 2.86. The molecule has 0 saturated carbocycles. The van der Waals surface area contributed by atoms with E-state index >= 15 is 0 Å². The molecule has 0 radical (unpaired) electrons. The minimum atomic E-state index is -0.551. The van der Waals surface area contributed by atoms with E-state index in [0.29, 0.717) is 16.4 Å². The summed E-state index contributed by atoms with van der Waals surface area (Å²) in [5, 5.41) is 24.5. The first-order valence-electron chi connectivity index (χ1n) is 7.26. The van der Waals surface area contributed by atoms with Gasteiger partial charge in [-0.3, -0.25) is 4.79 Å². The molecule has 3 aromatic rings. The first-order valence-corrected chi connectivity index (χ1v) is 7.64. The van der Waals surface area contributed by atoms with Crippen molar-refractivity contribution < 1.29 is 14.5 Å². The van der Waals surface area contributed by atoms with Crippen molar-refractivity contribution in [2.75, 3.05) is 5.32 Å². The molecule has 2 heterocycles. The molecule has 24 heavy (non-hydrogen) atoms. The van der Waals surface area contributed by atoms with Crippen LogP contribution in [-0.2, 0) is 6.54 Å². The number of imidazole rings is 1. The van der Waals surface area contributed by atoms with Gasteiger partial charge in [0.2, 0.25) is 5.69 Å². The fraction of sp³-hybridized carbons (Fsp3) is 0.118. The number of pyridine rings is 1. The van der Waals surface area contributed by atoms with E-state index in [1.165, 1.54) is 8.97 Å². The summed E-state index contributed by atoms with van der Waals surface area (Å²) < 4.78 is 2.94. The number of halogens is 1. The molecule has 0 aliphatic rings. The van der Waals surface area contributed by atoms with Gasteiger partial charge in [0.1, 0.15) is 12.4 Å². The summed E-state index contributed by atoms with van der Waals surface area (Å²) in [5.41, 5.74) is 0.962. The quantitative estimate of drug-likeness (QED) is 0.738. The molecule has 1 amide bonds. The van der Waals surface area contributed by atoms with E-state index < -0.39 is 11.8 Å². The van der Waals surface area contributed by atoms with Crippen LogP contribution < -0.4 is 15.0 Å². The predicted molar refractivity (Wildman–Crippen MR) is 86.7 cm³/mol. The van der Waals surface area contributed by atoms with Gasteiger partial charge in [-0.05, 0) is 18.2 Å². The zero-order chi connectivity index (χ0) is 17.1. The lowest BCUT2D eigenvalue weighted by atomic mass is 10.3. The van der Waals surface area contributed by atoms with Crippen LogP contribution in [0, 0.1) is 11.3 Å². The number of fused-ring (bicyclic) bond motifs is 1. The van der Waals surface area contributed by atoms with Gasteiger partial charge in [-0.2, -0.15) is 9.66 Å². The number of anilines is 1. The summed E-state index contributed by atoms with van der Waals surface area (Å²) >= 11 is 6.05. The molecule has 0 saturated heterocycles. The predicted octanol–water partition coefficient (Wildman–Crippen LogP) is 2.12. The highest BCUT2D eigenvalue weighted by atomic mass is 35.5. The Labute approximate surface area is 143 Å². The summed E-state index contributed by atoms with van der Waals surface area (Å²) in [6, 6.07) is 14.0. The molecule has 7 heteroatoms. The molecular formula is C17H13ClN4O2. The van der Waals surface area contributed by atoms with E-state index in [-0.39, 0.29) is 18.7 Å². The number of carbonyl (C=O) groups is 1. The number of amides is 1. The Morgan fingerprint density at radius 2 is 2.04 bits per heavy atom. The number of nitrogens with zero attached hydrogens (tertiary/aromatic N) is 3. The van der Waals surface area contributed by atoms with Crippen molar-refractivity contribution in [2.24, 2.45) is 0 Å². The second-order valence-electron chi connectivity index (χ2n) is 5.08. The van der Waals surface area contributed by atoms with E-state index in [1.807, 2.05) is 6.07 Å². The third-order valence-corrected chi connectivity index (χ3v) is 3.92. The molecular weight excluding hydrogens is 328 g/mol. The van der Waals surface area contributed by atoms with Gasteiger partial charge in [-0.1, -0.05) is 29.8 Å². The van der Waals surface area contributed by atoms with Gasteiger partial charge in [0.05, 0.1) is 29.4 Å². The Morgan fingerprint density at radius 1 is 1.29 bits per heavy atom. The second kappa shape index (κ2) is 6.60. The summed E-state index contributed by atoms with van der Waals surface area (Å²) in [7, 11) is 0. The number of carbonyl (C=O) groups excluding carboxylic acids is 1. The Hall–Kier alpha value is -3.04. The SMILES string of the molecule is N#CCC[n+]1c([O-])c(C(=O)Nc2ccccc2Cl)n2ccccc21. The Bertz CT molecular complexity index is 959. The van der Waals surface area contributed by atoms with Crippen molar-refractivity contribution >= 4 is 28.8 Å². The number of benzene rings is 1. The highest BCUT2D eigenvalue weighted by molar-refractivity contribution is 6.33. The van der Waals surface area contributed by atoms with Gasteiger partial charge in [0, 0.05) is 6.07 Å². The van der Waals surface area contributed by atoms with E-state index in [4.69, 9.17) is 16.9 Å². The van der Waals surface area contributed by atoms with Crippen LogP contribution in [0.15, 0.2) is 48.7 Å². The van der Waals surface area contributed by atoms with Gasteiger partial charge < -0.3 is 10.4 Å². The third kappa shape index (κ3) is 2.77. The zero-order valence-corrected chi connectivity index (χ0v) is 13.3.